The van der Waals surface area contributed by atoms with E-state index in [9.17, 15) is 9.59 Å². The van der Waals surface area contributed by atoms with Crippen LogP contribution < -0.4 is 0 Å². The van der Waals surface area contributed by atoms with Crippen molar-refractivity contribution in [2.24, 2.45) is 17.3 Å². The largest absolute Gasteiger partial charge is 0.348 e. The minimum Gasteiger partial charge on any atom is -0.348 e. The first-order valence-electron chi connectivity index (χ1n) is 11.5. The number of carbonyl (C=O) groups is 2. The van der Waals surface area contributed by atoms with Gasteiger partial charge in [-0.15, -0.1) is 0 Å². The van der Waals surface area contributed by atoms with Crippen LogP contribution in [0, 0.1) is 24.2 Å². The zero-order valence-electron chi connectivity index (χ0n) is 19.2. The molecule has 1 saturated heterocycles. The van der Waals surface area contributed by atoms with Gasteiger partial charge in [-0.3, -0.25) is 9.59 Å². The zero-order valence-corrected chi connectivity index (χ0v) is 19.2. The number of benzene rings is 2. The highest BCUT2D eigenvalue weighted by Crippen LogP contribution is 2.43. The van der Waals surface area contributed by atoms with Crippen LogP contribution in [0.1, 0.15) is 37.3 Å². The van der Waals surface area contributed by atoms with Crippen LogP contribution in [0.15, 0.2) is 48.5 Å². The van der Waals surface area contributed by atoms with Gasteiger partial charge in [0.2, 0.25) is 11.8 Å². The first-order valence-corrected chi connectivity index (χ1v) is 11.5. The molecule has 0 aromatic heterocycles. The van der Waals surface area contributed by atoms with Crippen LogP contribution in [-0.2, 0) is 16.0 Å². The number of piperidine rings is 1. The first kappa shape index (κ1) is 21.6. The molecule has 0 N–H and O–H groups in total. The van der Waals surface area contributed by atoms with E-state index in [0.717, 1.165) is 19.3 Å². The minimum atomic E-state index is -0.464. The highest BCUT2D eigenvalue weighted by molar-refractivity contribution is 5.85. The van der Waals surface area contributed by atoms with E-state index in [-0.39, 0.29) is 11.8 Å². The molecule has 4 nitrogen and oxygen atoms in total. The summed E-state index contributed by atoms with van der Waals surface area (Å²) in [5.74, 6) is 1.19. The van der Waals surface area contributed by atoms with E-state index in [4.69, 9.17) is 0 Å². The fraction of sp³-hybridized carbons (Fsp3) is 0.481. The molecule has 4 rings (SSSR count). The summed E-state index contributed by atoms with van der Waals surface area (Å²) in [4.78, 5) is 29.9. The van der Waals surface area contributed by atoms with Crippen LogP contribution >= 0.6 is 0 Å². The lowest BCUT2D eigenvalue weighted by Gasteiger charge is -2.42. The van der Waals surface area contributed by atoms with Crippen molar-refractivity contribution < 1.29 is 9.59 Å². The second-order valence-corrected chi connectivity index (χ2v) is 9.77. The Morgan fingerprint density at radius 2 is 1.58 bits per heavy atom. The Morgan fingerprint density at radius 1 is 1.00 bits per heavy atom. The molecule has 1 aliphatic carbocycles. The summed E-state index contributed by atoms with van der Waals surface area (Å²) in [7, 11) is 3.70. The molecule has 0 bridgehead atoms. The van der Waals surface area contributed by atoms with E-state index in [1.165, 1.54) is 22.3 Å². The first-order chi connectivity index (χ1) is 14.8. The normalized spacial score (nSPS) is 22.1. The van der Waals surface area contributed by atoms with E-state index in [1.54, 1.807) is 4.90 Å². The molecule has 4 heteroatoms. The van der Waals surface area contributed by atoms with Crippen molar-refractivity contribution in [3.63, 3.8) is 0 Å². The number of hydrogen-bond acceptors (Lipinski definition) is 2. The summed E-state index contributed by atoms with van der Waals surface area (Å²) in [6, 6.07) is 16.9. The molecule has 0 radical (unpaired) electrons. The van der Waals surface area contributed by atoms with Gasteiger partial charge in [0.15, 0.2) is 0 Å². The predicted molar refractivity (Wildman–Crippen MR) is 125 cm³/mol. The number of hydrogen-bond donors (Lipinski definition) is 0. The maximum atomic E-state index is 13.4. The zero-order chi connectivity index (χ0) is 22.2. The molecule has 164 valence electrons. The van der Waals surface area contributed by atoms with Crippen molar-refractivity contribution in [2.75, 3.05) is 27.2 Å². The molecule has 2 amide bonds. The fourth-order valence-electron chi connectivity index (χ4n) is 5.17. The van der Waals surface area contributed by atoms with Crippen LogP contribution in [0.2, 0.25) is 0 Å². The third kappa shape index (κ3) is 4.26. The lowest BCUT2D eigenvalue weighted by Crippen LogP contribution is -2.51. The highest BCUT2D eigenvalue weighted by Gasteiger charge is 2.47. The molecular weight excluding hydrogens is 384 g/mol. The Balaban J connectivity index is 1.62. The van der Waals surface area contributed by atoms with Crippen molar-refractivity contribution in [1.29, 1.82) is 0 Å². The molecule has 2 aromatic rings. The third-order valence-electron chi connectivity index (χ3n) is 7.30. The molecule has 2 fully saturated rings. The third-order valence-corrected chi connectivity index (χ3v) is 7.30. The van der Waals surface area contributed by atoms with Gasteiger partial charge in [-0.1, -0.05) is 55.5 Å². The van der Waals surface area contributed by atoms with Gasteiger partial charge in [0.1, 0.15) is 0 Å². The summed E-state index contributed by atoms with van der Waals surface area (Å²) < 4.78 is 0. The Bertz CT molecular complexity index is 973. The smallest absolute Gasteiger partial charge is 0.228 e. The van der Waals surface area contributed by atoms with Gasteiger partial charge in [-0.2, -0.15) is 0 Å². The number of rotatable bonds is 5. The molecular formula is C27H34N2O2. The van der Waals surface area contributed by atoms with Crippen LogP contribution in [-0.4, -0.2) is 48.8 Å². The molecule has 2 atom stereocenters. The van der Waals surface area contributed by atoms with Crippen LogP contribution in [0.4, 0.5) is 0 Å². The molecule has 0 spiro atoms. The van der Waals surface area contributed by atoms with E-state index >= 15 is 0 Å². The predicted octanol–water partition coefficient (Wildman–Crippen LogP) is 4.56. The lowest BCUT2D eigenvalue weighted by molar-refractivity contribution is -0.146. The summed E-state index contributed by atoms with van der Waals surface area (Å²) in [5.41, 5.74) is 4.41. The minimum absolute atomic E-state index is 0.180. The standard InChI is InChI=1S/C27H34N2O2/c1-19-9-5-7-11-22(19)23-12-8-6-10-21(23)18-27(26(31)28(3)4)13-15-29(16-14-27)25(30)24-17-20(24)2/h5-12,20,24H,13-18H2,1-4H3/t20-,24-/m1/s1. The summed E-state index contributed by atoms with van der Waals surface area (Å²) in [6.45, 7) is 5.63. The quantitative estimate of drug-likeness (QED) is 0.714. The van der Waals surface area contributed by atoms with Gasteiger partial charge in [0.25, 0.3) is 0 Å². The molecule has 0 unspecified atom stereocenters. The van der Waals surface area contributed by atoms with Crippen molar-refractivity contribution in [1.82, 2.24) is 9.80 Å². The van der Waals surface area contributed by atoms with Crippen LogP contribution in [0.3, 0.4) is 0 Å². The van der Waals surface area contributed by atoms with Gasteiger partial charge < -0.3 is 9.80 Å². The number of amides is 2. The summed E-state index contributed by atoms with van der Waals surface area (Å²) in [6.07, 6.45) is 3.16. The van der Waals surface area contributed by atoms with Crippen molar-refractivity contribution in [3.8, 4) is 11.1 Å². The topological polar surface area (TPSA) is 40.6 Å². The van der Waals surface area contributed by atoms with Gasteiger partial charge in [-0.05, 0) is 60.8 Å². The molecule has 1 saturated carbocycles. The van der Waals surface area contributed by atoms with Crippen molar-refractivity contribution in [3.05, 3.63) is 59.7 Å². The lowest BCUT2D eigenvalue weighted by atomic mass is 9.71. The molecule has 2 aromatic carbocycles. The Morgan fingerprint density at radius 3 is 2.16 bits per heavy atom. The SMILES string of the molecule is Cc1ccccc1-c1ccccc1CC1(C(=O)N(C)C)CCN(C(=O)[C@@H]2C[C@H]2C)CC1. The Kier molecular flexibility index (Phi) is 5.92. The van der Waals surface area contributed by atoms with Gasteiger partial charge >= 0.3 is 0 Å². The number of nitrogens with zero attached hydrogens (tertiary/aromatic N) is 2. The molecule has 2 aliphatic rings. The van der Waals surface area contributed by atoms with Crippen LogP contribution in [0.25, 0.3) is 11.1 Å². The molecule has 1 aliphatic heterocycles. The monoisotopic (exact) mass is 418 g/mol. The number of aryl methyl sites for hydroxylation is 1. The fourth-order valence-corrected chi connectivity index (χ4v) is 5.17. The maximum Gasteiger partial charge on any atom is 0.228 e. The average molecular weight is 419 g/mol. The average Bonchev–Trinajstić information content (AvgIpc) is 3.50. The van der Waals surface area contributed by atoms with E-state index in [2.05, 4.69) is 62.4 Å². The maximum absolute atomic E-state index is 13.4. The van der Waals surface area contributed by atoms with E-state index in [0.29, 0.717) is 31.3 Å². The van der Waals surface area contributed by atoms with Gasteiger partial charge in [0, 0.05) is 33.1 Å². The number of carbonyl (C=O) groups excluding carboxylic acids is 2. The second kappa shape index (κ2) is 8.49. The van der Waals surface area contributed by atoms with Crippen molar-refractivity contribution in [2.45, 2.75) is 39.5 Å². The second-order valence-electron chi connectivity index (χ2n) is 9.77. The van der Waals surface area contributed by atoms with E-state index in [1.807, 2.05) is 19.0 Å². The summed E-state index contributed by atoms with van der Waals surface area (Å²) in [5, 5.41) is 0. The van der Waals surface area contributed by atoms with Gasteiger partial charge in [-0.25, -0.2) is 0 Å². The van der Waals surface area contributed by atoms with Gasteiger partial charge in [0.05, 0.1) is 5.41 Å². The summed E-state index contributed by atoms with van der Waals surface area (Å²) >= 11 is 0. The van der Waals surface area contributed by atoms with Crippen molar-refractivity contribution >= 4 is 11.8 Å². The Hall–Kier alpha value is -2.62. The highest BCUT2D eigenvalue weighted by atomic mass is 16.2. The Labute approximate surface area is 186 Å². The molecule has 31 heavy (non-hydrogen) atoms. The number of likely N-dealkylation sites (tertiary alicyclic amines) is 1. The van der Waals surface area contributed by atoms with E-state index < -0.39 is 5.41 Å². The van der Waals surface area contributed by atoms with Crippen LogP contribution in [0.5, 0.6) is 0 Å². The molecule has 1 heterocycles.